The van der Waals surface area contributed by atoms with Crippen molar-refractivity contribution in [3.8, 4) is 5.69 Å². The second-order valence-corrected chi connectivity index (χ2v) is 6.51. The maximum Gasteiger partial charge on any atom is 0.255 e. The molecule has 0 aliphatic carbocycles. The minimum Gasteiger partial charge on any atom is -0.345 e. The fourth-order valence-corrected chi connectivity index (χ4v) is 3.26. The van der Waals surface area contributed by atoms with Crippen molar-refractivity contribution < 1.29 is 4.79 Å². The van der Waals surface area contributed by atoms with Gasteiger partial charge in [-0.05, 0) is 46.8 Å². The largest absolute Gasteiger partial charge is 0.345 e. The lowest BCUT2D eigenvalue weighted by Crippen LogP contribution is -2.27. The Balaban J connectivity index is 1.86. The molecule has 1 atom stereocenters. The van der Waals surface area contributed by atoms with Crippen molar-refractivity contribution in [2.45, 2.75) is 47.2 Å². The highest BCUT2D eigenvalue weighted by Gasteiger charge is 2.22. The van der Waals surface area contributed by atoms with Gasteiger partial charge in [0.05, 0.1) is 34.4 Å². The molecule has 2 heterocycles. The highest BCUT2D eigenvalue weighted by Crippen LogP contribution is 2.21. The van der Waals surface area contributed by atoms with Crippen LogP contribution in [0.1, 0.15) is 52.9 Å². The van der Waals surface area contributed by atoms with Gasteiger partial charge in [-0.1, -0.05) is 18.2 Å². The molecule has 6 nitrogen and oxygen atoms in total. The number of nitrogens with zero attached hydrogens (tertiary/aromatic N) is 4. The molecule has 1 aromatic carbocycles. The zero-order valence-corrected chi connectivity index (χ0v) is 15.9. The number of hydrogen-bond donors (Lipinski definition) is 1. The maximum absolute atomic E-state index is 12.9. The highest BCUT2D eigenvalue weighted by molar-refractivity contribution is 5.96. The molecule has 1 N–H and O–H groups in total. The minimum atomic E-state index is -0.123. The van der Waals surface area contributed by atoms with Crippen molar-refractivity contribution in [2.75, 3.05) is 0 Å². The van der Waals surface area contributed by atoms with Gasteiger partial charge in [0.25, 0.3) is 5.91 Å². The first kappa shape index (κ1) is 17.9. The summed E-state index contributed by atoms with van der Waals surface area (Å²) in [7, 11) is 0. The fourth-order valence-electron chi connectivity index (χ4n) is 3.26. The Bertz CT molecular complexity index is 923. The van der Waals surface area contributed by atoms with Gasteiger partial charge in [0.15, 0.2) is 0 Å². The summed E-state index contributed by atoms with van der Waals surface area (Å²) in [6.07, 6.45) is 1.99. The van der Waals surface area contributed by atoms with Crippen LogP contribution in [0.5, 0.6) is 0 Å². The lowest BCUT2D eigenvalue weighted by atomic mass is 10.1. The Morgan fingerprint density at radius 2 is 1.81 bits per heavy atom. The van der Waals surface area contributed by atoms with Gasteiger partial charge in [0.1, 0.15) is 0 Å². The average molecular weight is 351 g/mol. The van der Waals surface area contributed by atoms with Crippen molar-refractivity contribution in [2.24, 2.45) is 0 Å². The molecule has 26 heavy (non-hydrogen) atoms. The number of para-hydroxylation sites is 1. The summed E-state index contributed by atoms with van der Waals surface area (Å²) >= 11 is 0. The molecule has 1 amide bonds. The van der Waals surface area contributed by atoms with E-state index in [1.54, 1.807) is 0 Å². The van der Waals surface area contributed by atoms with Crippen molar-refractivity contribution in [3.63, 3.8) is 0 Å². The summed E-state index contributed by atoms with van der Waals surface area (Å²) in [6, 6.07) is 9.72. The third-order valence-corrected chi connectivity index (χ3v) is 4.64. The number of nitrogens with one attached hydrogen (secondary N) is 1. The van der Waals surface area contributed by atoms with Crippen LogP contribution in [0.2, 0.25) is 0 Å². The minimum absolute atomic E-state index is 0.113. The number of rotatable bonds is 5. The summed E-state index contributed by atoms with van der Waals surface area (Å²) in [4.78, 5) is 12.9. The zero-order valence-electron chi connectivity index (χ0n) is 15.9. The van der Waals surface area contributed by atoms with Crippen LogP contribution in [0.4, 0.5) is 0 Å². The summed E-state index contributed by atoms with van der Waals surface area (Å²) in [5, 5.41) is 12.1. The van der Waals surface area contributed by atoms with Crippen LogP contribution in [0.15, 0.2) is 36.5 Å². The van der Waals surface area contributed by atoms with Crippen LogP contribution in [0.25, 0.3) is 5.69 Å². The van der Waals surface area contributed by atoms with Crippen LogP contribution in [-0.4, -0.2) is 25.5 Å². The van der Waals surface area contributed by atoms with Gasteiger partial charge in [0.2, 0.25) is 0 Å². The van der Waals surface area contributed by atoms with Gasteiger partial charge in [-0.15, -0.1) is 0 Å². The van der Waals surface area contributed by atoms with Crippen LogP contribution >= 0.6 is 0 Å². The molecule has 6 heteroatoms. The SMILES string of the molecule is CCn1cc(C(C)NC(=O)c2c(C)nn(-c3ccccc3)c2C)c(C)n1. The molecule has 0 radical (unpaired) electrons. The molecule has 136 valence electrons. The normalized spacial score (nSPS) is 12.2. The van der Waals surface area contributed by atoms with E-state index in [4.69, 9.17) is 0 Å². The standard InChI is InChI=1S/C20H25N5O/c1-6-24-12-18(14(3)22-24)13(2)21-20(26)19-15(4)23-25(16(19)5)17-10-8-7-9-11-17/h7-13H,6H2,1-5H3,(H,21,26). The highest BCUT2D eigenvalue weighted by atomic mass is 16.1. The zero-order chi connectivity index (χ0) is 18.8. The number of carbonyl (C=O) groups is 1. The molecule has 1 unspecified atom stereocenters. The topological polar surface area (TPSA) is 64.7 Å². The second kappa shape index (κ2) is 7.15. The summed E-state index contributed by atoms with van der Waals surface area (Å²) in [5.74, 6) is -0.113. The number of aromatic nitrogens is 4. The number of amides is 1. The van der Waals surface area contributed by atoms with Gasteiger partial charge < -0.3 is 5.32 Å². The Morgan fingerprint density at radius 1 is 1.12 bits per heavy atom. The van der Waals surface area contributed by atoms with Crippen molar-refractivity contribution in [1.82, 2.24) is 24.9 Å². The molecular formula is C20H25N5O. The first-order valence-corrected chi connectivity index (χ1v) is 8.88. The Hall–Kier alpha value is -2.89. The first-order valence-electron chi connectivity index (χ1n) is 8.88. The molecule has 0 saturated carbocycles. The number of aryl methyl sites for hydroxylation is 3. The molecule has 0 aliphatic heterocycles. The Morgan fingerprint density at radius 3 is 2.42 bits per heavy atom. The first-order chi connectivity index (χ1) is 12.4. The second-order valence-electron chi connectivity index (χ2n) is 6.51. The van der Waals surface area contributed by atoms with Crippen LogP contribution in [0, 0.1) is 20.8 Å². The lowest BCUT2D eigenvalue weighted by Gasteiger charge is -2.13. The van der Waals surface area contributed by atoms with E-state index >= 15 is 0 Å². The van der Waals surface area contributed by atoms with E-state index in [1.165, 1.54) is 0 Å². The van der Waals surface area contributed by atoms with Gasteiger partial charge in [-0.2, -0.15) is 10.2 Å². The monoisotopic (exact) mass is 351 g/mol. The third-order valence-electron chi connectivity index (χ3n) is 4.64. The molecule has 2 aromatic heterocycles. The van der Waals surface area contributed by atoms with Gasteiger partial charge in [-0.3, -0.25) is 9.48 Å². The smallest absolute Gasteiger partial charge is 0.255 e. The lowest BCUT2D eigenvalue weighted by molar-refractivity contribution is 0.0938. The molecule has 0 spiro atoms. The Kier molecular flexibility index (Phi) is 4.93. The van der Waals surface area contributed by atoms with E-state index in [-0.39, 0.29) is 11.9 Å². The van der Waals surface area contributed by atoms with Crippen molar-refractivity contribution in [1.29, 1.82) is 0 Å². The quantitative estimate of drug-likeness (QED) is 0.765. The molecule has 3 rings (SSSR count). The van der Waals surface area contributed by atoms with Crippen molar-refractivity contribution in [3.05, 3.63) is 64.7 Å². The van der Waals surface area contributed by atoms with E-state index in [0.29, 0.717) is 5.56 Å². The molecular weight excluding hydrogens is 326 g/mol. The van der Waals surface area contributed by atoms with Crippen molar-refractivity contribution >= 4 is 5.91 Å². The Labute approximate surface area is 153 Å². The summed E-state index contributed by atoms with van der Waals surface area (Å²) < 4.78 is 3.70. The van der Waals surface area contributed by atoms with Crippen LogP contribution < -0.4 is 5.32 Å². The summed E-state index contributed by atoms with van der Waals surface area (Å²) in [5.41, 5.74) is 5.09. The van der Waals surface area contributed by atoms with E-state index in [0.717, 1.165) is 34.9 Å². The molecule has 0 fully saturated rings. The number of carbonyl (C=O) groups excluding carboxylic acids is 1. The third kappa shape index (κ3) is 3.27. The van der Waals surface area contributed by atoms with E-state index in [2.05, 4.69) is 15.5 Å². The number of benzene rings is 1. The van der Waals surface area contributed by atoms with E-state index < -0.39 is 0 Å². The maximum atomic E-state index is 12.9. The molecule has 0 saturated heterocycles. The van der Waals surface area contributed by atoms with Gasteiger partial charge in [-0.25, -0.2) is 4.68 Å². The van der Waals surface area contributed by atoms with E-state index in [1.807, 2.05) is 80.5 Å². The number of hydrogen-bond acceptors (Lipinski definition) is 3. The predicted molar refractivity (Wildman–Crippen MR) is 102 cm³/mol. The van der Waals surface area contributed by atoms with Gasteiger partial charge in [0, 0.05) is 18.3 Å². The van der Waals surface area contributed by atoms with Gasteiger partial charge >= 0.3 is 0 Å². The molecule has 0 bridgehead atoms. The van der Waals surface area contributed by atoms with Crippen LogP contribution in [-0.2, 0) is 6.54 Å². The molecule has 0 aliphatic rings. The summed E-state index contributed by atoms with van der Waals surface area (Å²) in [6.45, 7) is 10.6. The fraction of sp³-hybridized carbons (Fsp3) is 0.350. The molecule has 3 aromatic rings. The predicted octanol–water partition coefficient (Wildman–Crippen LogP) is 3.50. The average Bonchev–Trinajstić information content (AvgIpc) is 3.15. The van der Waals surface area contributed by atoms with E-state index in [9.17, 15) is 4.79 Å². The van der Waals surface area contributed by atoms with Crippen LogP contribution in [0.3, 0.4) is 0 Å².